The number of hydrogen-bond acceptors (Lipinski definition) is 3. The molecule has 0 fully saturated rings. The lowest BCUT2D eigenvalue weighted by Crippen LogP contribution is -2.24. The number of thiol groups is 1. The first-order valence-corrected chi connectivity index (χ1v) is 6.35. The number of carbonyl (C=O) groups excluding carboxylic acids is 1. The third-order valence-electron chi connectivity index (χ3n) is 2.32. The van der Waals surface area contributed by atoms with E-state index in [-0.39, 0.29) is 12.5 Å². The molecule has 1 rings (SSSR count). The van der Waals surface area contributed by atoms with E-state index in [4.69, 9.17) is 16.7 Å². The Bertz CT molecular complexity index is 385. The van der Waals surface area contributed by atoms with Gasteiger partial charge in [-0.15, -0.1) is 12.6 Å². The van der Waals surface area contributed by atoms with Gasteiger partial charge in [0.25, 0.3) is 5.91 Å². The van der Waals surface area contributed by atoms with E-state index in [1.54, 1.807) is 18.2 Å². The first kappa shape index (κ1) is 14.4. The van der Waals surface area contributed by atoms with Crippen LogP contribution in [0.2, 0.25) is 5.02 Å². The zero-order chi connectivity index (χ0) is 12.7. The van der Waals surface area contributed by atoms with Gasteiger partial charge in [0.15, 0.2) is 0 Å². The van der Waals surface area contributed by atoms with Crippen molar-refractivity contribution in [3.05, 3.63) is 28.8 Å². The summed E-state index contributed by atoms with van der Waals surface area (Å²) in [6, 6.07) is 5.04. The quantitative estimate of drug-likeness (QED) is 0.551. The summed E-state index contributed by atoms with van der Waals surface area (Å²) in [5.41, 5.74) is 0.446. The summed E-state index contributed by atoms with van der Waals surface area (Å²) >= 11 is 10.1. The molecule has 1 aromatic rings. The molecule has 0 atom stereocenters. The van der Waals surface area contributed by atoms with Crippen molar-refractivity contribution in [2.24, 2.45) is 0 Å². The molecule has 0 bridgehead atoms. The maximum atomic E-state index is 11.8. The number of aliphatic hydroxyl groups is 1. The molecule has 0 unspecified atom stereocenters. The zero-order valence-electron chi connectivity index (χ0n) is 9.45. The van der Waals surface area contributed by atoms with Crippen LogP contribution in [0.5, 0.6) is 0 Å². The Morgan fingerprint density at radius 1 is 1.35 bits per heavy atom. The molecule has 2 N–H and O–H groups in total. The molecule has 0 aromatic heterocycles. The summed E-state index contributed by atoms with van der Waals surface area (Å²) in [7, 11) is 0. The maximum Gasteiger partial charge on any atom is 0.252 e. The molecule has 0 heterocycles. The first-order chi connectivity index (χ1) is 8.15. The Morgan fingerprint density at radius 3 is 2.82 bits per heavy atom. The van der Waals surface area contributed by atoms with Gasteiger partial charge < -0.3 is 10.4 Å². The highest BCUT2D eigenvalue weighted by Gasteiger charge is 2.09. The smallest absolute Gasteiger partial charge is 0.252 e. The van der Waals surface area contributed by atoms with Gasteiger partial charge in [0.2, 0.25) is 0 Å². The Morgan fingerprint density at radius 2 is 2.12 bits per heavy atom. The molecular weight excluding hydrogens is 258 g/mol. The lowest BCUT2D eigenvalue weighted by molar-refractivity contribution is 0.0953. The fraction of sp³-hybridized carbons (Fsp3) is 0.417. The maximum absolute atomic E-state index is 11.8. The summed E-state index contributed by atoms with van der Waals surface area (Å²) in [6.07, 6.45) is 2.52. The van der Waals surface area contributed by atoms with Gasteiger partial charge in [-0.05, 0) is 37.5 Å². The van der Waals surface area contributed by atoms with Crippen LogP contribution >= 0.6 is 24.2 Å². The summed E-state index contributed by atoms with van der Waals surface area (Å²) in [5.74, 6) is -0.185. The molecule has 94 valence electrons. The Hall–Kier alpha value is -0.710. The van der Waals surface area contributed by atoms with Crippen molar-refractivity contribution in [2.45, 2.75) is 24.2 Å². The van der Waals surface area contributed by atoms with Crippen LogP contribution < -0.4 is 5.32 Å². The average Bonchev–Trinajstić information content (AvgIpc) is 2.32. The molecule has 0 saturated carbocycles. The van der Waals surface area contributed by atoms with Crippen LogP contribution in [0, 0.1) is 0 Å². The lowest BCUT2D eigenvalue weighted by Gasteiger charge is -2.07. The number of hydrogen-bond donors (Lipinski definition) is 3. The SMILES string of the molecule is O=C(NCCCCCO)c1cc(S)ccc1Cl. The van der Waals surface area contributed by atoms with Crippen molar-refractivity contribution in [1.29, 1.82) is 0 Å². The van der Waals surface area contributed by atoms with Crippen molar-refractivity contribution < 1.29 is 9.90 Å². The standard InChI is InChI=1S/C12H16ClNO2S/c13-11-5-4-9(17)8-10(11)12(16)14-6-2-1-3-7-15/h4-5,8,15,17H,1-3,6-7H2,(H,14,16). The molecule has 0 radical (unpaired) electrons. The summed E-state index contributed by atoms with van der Waals surface area (Å²) in [5, 5.41) is 11.8. The Balaban J connectivity index is 2.44. The Labute approximate surface area is 112 Å². The van der Waals surface area contributed by atoms with E-state index < -0.39 is 0 Å². The number of halogens is 1. The summed E-state index contributed by atoms with van der Waals surface area (Å²) < 4.78 is 0. The van der Waals surface area contributed by atoms with Crippen LogP contribution in [0.4, 0.5) is 0 Å². The lowest BCUT2D eigenvalue weighted by atomic mass is 10.2. The summed E-state index contributed by atoms with van der Waals surface area (Å²) in [6.45, 7) is 0.785. The molecule has 1 aromatic carbocycles. The van der Waals surface area contributed by atoms with E-state index in [0.717, 1.165) is 19.3 Å². The second-order valence-electron chi connectivity index (χ2n) is 3.70. The number of benzene rings is 1. The van der Waals surface area contributed by atoms with Crippen LogP contribution in [-0.2, 0) is 0 Å². The van der Waals surface area contributed by atoms with Crippen LogP contribution in [0.3, 0.4) is 0 Å². The van der Waals surface area contributed by atoms with Crippen molar-refractivity contribution in [2.75, 3.05) is 13.2 Å². The van der Waals surface area contributed by atoms with Gasteiger partial charge in [0, 0.05) is 18.0 Å². The number of unbranched alkanes of at least 4 members (excludes halogenated alkanes) is 2. The van der Waals surface area contributed by atoms with Gasteiger partial charge in [0.05, 0.1) is 10.6 Å². The molecule has 3 nitrogen and oxygen atoms in total. The second-order valence-corrected chi connectivity index (χ2v) is 4.63. The van der Waals surface area contributed by atoms with Gasteiger partial charge in [-0.1, -0.05) is 11.6 Å². The largest absolute Gasteiger partial charge is 0.396 e. The Kier molecular flexibility index (Phi) is 6.40. The van der Waals surface area contributed by atoms with Crippen molar-refractivity contribution in [3.63, 3.8) is 0 Å². The van der Waals surface area contributed by atoms with Crippen molar-refractivity contribution in [1.82, 2.24) is 5.32 Å². The van der Waals surface area contributed by atoms with Gasteiger partial charge in [-0.2, -0.15) is 0 Å². The predicted molar refractivity (Wildman–Crippen MR) is 72.0 cm³/mol. The number of carbonyl (C=O) groups is 1. The zero-order valence-corrected chi connectivity index (χ0v) is 11.1. The highest BCUT2D eigenvalue weighted by atomic mass is 35.5. The second kappa shape index (κ2) is 7.58. The third kappa shape index (κ3) is 4.98. The fourth-order valence-corrected chi connectivity index (χ4v) is 1.80. The average molecular weight is 274 g/mol. The van der Waals surface area contributed by atoms with E-state index in [2.05, 4.69) is 17.9 Å². The molecule has 17 heavy (non-hydrogen) atoms. The van der Waals surface area contributed by atoms with Gasteiger partial charge in [0.1, 0.15) is 0 Å². The molecule has 1 amide bonds. The molecular formula is C12H16ClNO2S. The van der Waals surface area contributed by atoms with Gasteiger partial charge >= 0.3 is 0 Å². The predicted octanol–water partition coefficient (Wildman–Crippen LogP) is 2.52. The van der Waals surface area contributed by atoms with E-state index >= 15 is 0 Å². The molecule has 0 spiro atoms. The molecule has 0 saturated heterocycles. The third-order valence-corrected chi connectivity index (χ3v) is 2.92. The number of amides is 1. The minimum Gasteiger partial charge on any atom is -0.396 e. The number of aliphatic hydroxyl groups excluding tert-OH is 1. The minimum absolute atomic E-state index is 0.185. The normalized spacial score (nSPS) is 10.3. The summed E-state index contributed by atoms with van der Waals surface area (Å²) in [4.78, 5) is 12.5. The number of nitrogens with one attached hydrogen (secondary N) is 1. The van der Waals surface area contributed by atoms with E-state index in [0.29, 0.717) is 22.0 Å². The van der Waals surface area contributed by atoms with Crippen LogP contribution in [-0.4, -0.2) is 24.2 Å². The highest BCUT2D eigenvalue weighted by Crippen LogP contribution is 2.19. The van der Waals surface area contributed by atoms with E-state index in [9.17, 15) is 4.79 Å². The molecule has 5 heteroatoms. The van der Waals surface area contributed by atoms with Crippen molar-refractivity contribution >= 4 is 30.1 Å². The van der Waals surface area contributed by atoms with Crippen LogP contribution in [0.1, 0.15) is 29.6 Å². The minimum atomic E-state index is -0.185. The van der Waals surface area contributed by atoms with Crippen molar-refractivity contribution in [3.8, 4) is 0 Å². The van der Waals surface area contributed by atoms with Crippen LogP contribution in [0.25, 0.3) is 0 Å². The monoisotopic (exact) mass is 273 g/mol. The fourth-order valence-electron chi connectivity index (χ4n) is 1.40. The topological polar surface area (TPSA) is 49.3 Å². The van der Waals surface area contributed by atoms with Gasteiger partial charge in [-0.25, -0.2) is 0 Å². The molecule has 0 aliphatic carbocycles. The molecule has 0 aliphatic heterocycles. The van der Waals surface area contributed by atoms with E-state index in [1.807, 2.05) is 0 Å². The van der Waals surface area contributed by atoms with E-state index in [1.165, 1.54) is 0 Å². The first-order valence-electron chi connectivity index (χ1n) is 5.52. The number of rotatable bonds is 6. The molecule has 0 aliphatic rings. The van der Waals surface area contributed by atoms with Crippen LogP contribution in [0.15, 0.2) is 23.1 Å². The van der Waals surface area contributed by atoms with Gasteiger partial charge in [-0.3, -0.25) is 4.79 Å². The highest BCUT2D eigenvalue weighted by molar-refractivity contribution is 7.80.